The largest absolute Gasteiger partial charge is 0.506 e. The van der Waals surface area contributed by atoms with E-state index in [-0.39, 0.29) is 17.2 Å². The molecule has 3 heteroatoms. The number of aromatic nitrogens is 1. The van der Waals surface area contributed by atoms with Crippen molar-refractivity contribution < 1.29 is 9.90 Å². The second kappa shape index (κ2) is 3.10. The van der Waals surface area contributed by atoms with Gasteiger partial charge in [0.2, 0.25) is 0 Å². The number of carbonyl (C=O) groups excluding carboxylic acids is 1. The monoisotopic (exact) mass is 187 g/mol. The van der Waals surface area contributed by atoms with Crippen LogP contribution in [0.15, 0.2) is 30.3 Å². The van der Waals surface area contributed by atoms with Crippen LogP contribution in [0.25, 0.3) is 10.9 Å². The number of benzene rings is 1. The summed E-state index contributed by atoms with van der Waals surface area (Å²) in [4.78, 5) is 15.2. The van der Waals surface area contributed by atoms with Crippen molar-refractivity contribution in [1.82, 2.24) is 4.98 Å². The number of para-hydroxylation sites is 1. The Labute approximate surface area is 81.0 Å². The molecule has 0 radical (unpaired) electrons. The number of pyridine rings is 1. The van der Waals surface area contributed by atoms with Crippen molar-refractivity contribution in [3.63, 3.8) is 0 Å². The third-order valence-electron chi connectivity index (χ3n) is 2.04. The molecule has 14 heavy (non-hydrogen) atoms. The van der Waals surface area contributed by atoms with Crippen LogP contribution in [0.1, 0.15) is 17.4 Å². The van der Waals surface area contributed by atoms with E-state index in [9.17, 15) is 9.90 Å². The van der Waals surface area contributed by atoms with Crippen molar-refractivity contribution in [2.45, 2.75) is 6.92 Å². The molecule has 2 rings (SSSR count). The number of aromatic hydroxyl groups is 1. The van der Waals surface area contributed by atoms with Gasteiger partial charge >= 0.3 is 0 Å². The van der Waals surface area contributed by atoms with Crippen LogP contribution in [0.2, 0.25) is 0 Å². The van der Waals surface area contributed by atoms with Crippen molar-refractivity contribution >= 4 is 16.7 Å². The summed E-state index contributed by atoms with van der Waals surface area (Å²) in [5.41, 5.74) is 0.846. The summed E-state index contributed by atoms with van der Waals surface area (Å²) in [6.45, 7) is 1.39. The third-order valence-corrected chi connectivity index (χ3v) is 2.04. The normalized spacial score (nSPS) is 10.4. The van der Waals surface area contributed by atoms with Gasteiger partial charge in [-0.05, 0) is 12.1 Å². The Balaban J connectivity index is 2.77. The Morgan fingerprint density at radius 2 is 2.07 bits per heavy atom. The number of hydrogen-bond donors (Lipinski definition) is 1. The van der Waals surface area contributed by atoms with Gasteiger partial charge in [0.05, 0.1) is 5.52 Å². The summed E-state index contributed by atoms with van der Waals surface area (Å²) in [7, 11) is 0. The van der Waals surface area contributed by atoms with Gasteiger partial charge in [-0.1, -0.05) is 18.2 Å². The molecule has 0 unspecified atom stereocenters. The van der Waals surface area contributed by atoms with Crippen LogP contribution in [-0.2, 0) is 0 Å². The van der Waals surface area contributed by atoms with E-state index in [0.29, 0.717) is 0 Å². The fraction of sp³-hybridized carbons (Fsp3) is 0.0909. The van der Waals surface area contributed by atoms with Gasteiger partial charge in [0.15, 0.2) is 5.78 Å². The molecule has 0 aliphatic rings. The minimum atomic E-state index is -0.228. The predicted octanol–water partition coefficient (Wildman–Crippen LogP) is 2.14. The van der Waals surface area contributed by atoms with E-state index in [0.717, 1.165) is 10.9 Å². The van der Waals surface area contributed by atoms with Crippen molar-refractivity contribution in [3.8, 4) is 5.75 Å². The van der Waals surface area contributed by atoms with E-state index in [1.165, 1.54) is 6.92 Å². The Bertz CT molecular complexity index is 506. The summed E-state index contributed by atoms with van der Waals surface area (Å²) < 4.78 is 0. The van der Waals surface area contributed by atoms with E-state index in [1.807, 2.05) is 18.2 Å². The lowest BCUT2D eigenvalue weighted by Gasteiger charge is -2.02. The molecular formula is C11H9NO2. The highest BCUT2D eigenvalue weighted by Gasteiger charge is 2.09. The molecule has 0 fully saturated rings. The molecule has 3 nitrogen and oxygen atoms in total. The SMILES string of the molecule is CC(=O)c1nc2ccccc2cc1O. The number of hydrogen-bond acceptors (Lipinski definition) is 3. The smallest absolute Gasteiger partial charge is 0.181 e. The molecule has 0 saturated carbocycles. The van der Waals surface area contributed by atoms with Crippen LogP contribution in [-0.4, -0.2) is 15.9 Å². The number of ketones is 1. The molecular weight excluding hydrogens is 178 g/mol. The molecule has 1 heterocycles. The summed E-state index contributed by atoms with van der Waals surface area (Å²) >= 11 is 0. The van der Waals surface area contributed by atoms with Crippen LogP contribution in [0, 0.1) is 0 Å². The zero-order valence-corrected chi connectivity index (χ0v) is 7.69. The number of Topliss-reactive ketones (excluding diaryl/α,β-unsaturated/α-hetero) is 1. The second-order valence-electron chi connectivity index (χ2n) is 3.10. The minimum Gasteiger partial charge on any atom is -0.506 e. The van der Waals surface area contributed by atoms with Gasteiger partial charge in [-0.2, -0.15) is 0 Å². The van der Waals surface area contributed by atoms with Crippen molar-refractivity contribution in [3.05, 3.63) is 36.0 Å². The summed E-state index contributed by atoms with van der Waals surface area (Å²) in [6.07, 6.45) is 0. The highest BCUT2D eigenvalue weighted by molar-refractivity contribution is 5.97. The number of rotatable bonds is 1. The van der Waals surface area contributed by atoms with Crippen molar-refractivity contribution in [1.29, 1.82) is 0 Å². The van der Waals surface area contributed by atoms with E-state index >= 15 is 0 Å². The van der Waals surface area contributed by atoms with Crippen molar-refractivity contribution in [2.75, 3.05) is 0 Å². The Kier molecular flexibility index (Phi) is 1.93. The molecule has 70 valence electrons. The minimum absolute atomic E-state index is 0.0591. The lowest BCUT2D eigenvalue weighted by molar-refractivity contribution is 0.101. The van der Waals surface area contributed by atoms with Gasteiger partial charge in [-0.15, -0.1) is 0 Å². The molecule has 0 amide bonds. The van der Waals surface area contributed by atoms with Crippen LogP contribution in [0.5, 0.6) is 5.75 Å². The van der Waals surface area contributed by atoms with Crippen molar-refractivity contribution in [2.24, 2.45) is 0 Å². The van der Waals surface area contributed by atoms with Crippen LogP contribution >= 0.6 is 0 Å². The standard InChI is InChI=1S/C11H9NO2/c1-7(13)11-10(14)6-8-4-2-3-5-9(8)12-11/h2-6,14H,1H3. The molecule has 0 aliphatic carbocycles. The molecule has 1 N–H and O–H groups in total. The van der Waals surface area contributed by atoms with E-state index < -0.39 is 0 Å². The Morgan fingerprint density at radius 1 is 1.36 bits per heavy atom. The molecule has 1 aromatic carbocycles. The lowest BCUT2D eigenvalue weighted by Crippen LogP contribution is -1.97. The molecule has 2 aromatic rings. The maximum atomic E-state index is 11.1. The molecule has 0 atom stereocenters. The third kappa shape index (κ3) is 1.33. The fourth-order valence-electron chi connectivity index (χ4n) is 1.36. The second-order valence-corrected chi connectivity index (χ2v) is 3.10. The van der Waals surface area contributed by atoms with Gasteiger partial charge in [0, 0.05) is 12.3 Å². The highest BCUT2D eigenvalue weighted by Crippen LogP contribution is 2.21. The van der Waals surface area contributed by atoms with Crippen LogP contribution < -0.4 is 0 Å². The zero-order valence-electron chi connectivity index (χ0n) is 7.69. The van der Waals surface area contributed by atoms with Gasteiger partial charge in [-0.3, -0.25) is 4.79 Å². The summed E-state index contributed by atoms with van der Waals surface area (Å²) in [6, 6.07) is 8.90. The Morgan fingerprint density at radius 3 is 2.79 bits per heavy atom. The number of fused-ring (bicyclic) bond motifs is 1. The first kappa shape index (κ1) is 8.69. The van der Waals surface area contributed by atoms with Gasteiger partial charge < -0.3 is 5.11 Å². The first-order chi connectivity index (χ1) is 6.68. The quantitative estimate of drug-likeness (QED) is 0.696. The summed E-state index contributed by atoms with van der Waals surface area (Å²) in [5.74, 6) is -0.288. The number of carbonyl (C=O) groups is 1. The average Bonchev–Trinajstić information content (AvgIpc) is 2.16. The maximum Gasteiger partial charge on any atom is 0.181 e. The predicted molar refractivity (Wildman–Crippen MR) is 53.4 cm³/mol. The van der Waals surface area contributed by atoms with E-state index in [1.54, 1.807) is 12.1 Å². The van der Waals surface area contributed by atoms with Gasteiger partial charge in [0.1, 0.15) is 11.4 Å². The first-order valence-corrected chi connectivity index (χ1v) is 4.28. The lowest BCUT2D eigenvalue weighted by atomic mass is 10.1. The Hall–Kier alpha value is -1.90. The summed E-state index contributed by atoms with van der Waals surface area (Å²) in [5, 5.41) is 10.3. The molecule has 0 spiro atoms. The van der Waals surface area contributed by atoms with Crippen LogP contribution in [0.3, 0.4) is 0 Å². The van der Waals surface area contributed by atoms with Gasteiger partial charge in [-0.25, -0.2) is 4.98 Å². The molecule has 0 bridgehead atoms. The average molecular weight is 187 g/mol. The number of nitrogens with zero attached hydrogens (tertiary/aromatic N) is 1. The molecule has 1 aromatic heterocycles. The van der Waals surface area contributed by atoms with E-state index in [2.05, 4.69) is 4.98 Å². The molecule has 0 saturated heterocycles. The van der Waals surface area contributed by atoms with Crippen LogP contribution in [0.4, 0.5) is 0 Å². The molecule has 0 aliphatic heterocycles. The maximum absolute atomic E-state index is 11.1. The topological polar surface area (TPSA) is 50.2 Å². The van der Waals surface area contributed by atoms with Gasteiger partial charge in [0.25, 0.3) is 0 Å². The van der Waals surface area contributed by atoms with E-state index in [4.69, 9.17) is 0 Å². The highest BCUT2D eigenvalue weighted by atomic mass is 16.3. The zero-order chi connectivity index (χ0) is 10.1. The fourth-order valence-corrected chi connectivity index (χ4v) is 1.36. The first-order valence-electron chi connectivity index (χ1n) is 4.28.